The van der Waals surface area contributed by atoms with Crippen molar-refractivity contribution in [2.75, 3.05) is 45.9 Å². The fourth-order valence-corrected chi connectivity index (χ4v) is 13.2. The number of fused-ring (bicyclic) bond motifs is 2. The van der Waals surface area contributed by atoms with E-state index in [1.165, 1.54) is 6.92 Å². The number of benzene rings is 1. The summed E-state index contributed by atoms with van der Waals surface area (Å²) in [6.07, 6.45) is -0.303. The standard InChI is InChI=1S/C38H50N2O11.ClHO4/c1-7-39-17-35(18-50-33(44)21-10-8-9-11-24(21)40-27(42)14-19(2)32(40)43)13-12-26(48-5)37-23-15-22-25(47-4)16-36(45,28(23)29(22)51-20(3)41)38(46,34(37)39)31(49-6)30(35)37;2-1(3,4)5/h8-11,19,22-23,25-26,28-31,34,45-46H,7,12-18H2,1-6H3;(H,2,3,4,5)/t19-,22?,23+,25-,26-,28+,29-,30?,31+,34?,35-,36+,37?,38-;/m0./s1. The van der Waals surface area contributed by atoms with E-state index >= 15 is 0 Å². The number of likely N-dealkylation sites (tertiary alicyclic amines) is 1. The molecule has 0 aromatic heterocycles. The predicted molar refractivity (Wildman–Crippen MR) is 181 cm³/mol. The van der Waals surface area contributed by atoms with Crippen LogP contribution in [0.3, 0.4) is 0 Å². The van der Waals surface area contributed by atoms with E-state index in [1.807, 2.05) is 6.92 Å². The number of carbonyl (C=O) groups excluding carboxylic acids is 4. The molecular weight excluding hydrogens is 760 g/mol. The van der Waals surface area contributed by atoms with Gasteiger partial charge in [-0.2, -0.15) is 14.0 Å². The SMILES string of the molecule is CCN1C[C@]2(COC(=O)c3ccccc3N3C(=O)C[C@H](C)C3=O)CC[C@H](OC)C34C2[C@@H](OC)[C@](O)(C13)[C@@]1(O)C[C@H](OC)C2C[C@@H]4[C@@H]1[C@H]2OC(C)=O.[O-][Cl+3]([O-])([O-])O. The Morgan fingerprint density at radius 2 is 1.73 bits per heavy atom. The molecule has 1 aromatic rings. The zero-order chi connectivity index (χ0) is 40.9. The largest absolute Gasteiger partial charge is 0.462 e. The molecule has 18 heteroatoms. The fourth-order valence-electron chi connectivity index (χ4n) is 13.2. The molecule has 1 spiro atoms. The summed E-state index contributed by atoms with van der Waals surface area (Å²) in [7, 11) is 0.158. The van der Waals surface area contributed by atoms with Crippen LogP contribution < -0.4 is 18.9 Å². The highest BCUT2D eigenvalue weighted by Crippen LogP contribution is 2.80. The van der Waals surface area contributed by atoms with Crippen molar-refractivity contribution >= 4 is 29.4 Å². The molecule has 310 valence electrons. The number of amides is 2. The number of aliphatic hydroxyl groups is 2. The van der Waals surface area contributed by atoms with Gasteiger partial charge in [-0.15, -0.1) is 0 Å². The molecule has 14 atom stereocenters. The van der Waals surface area contributed by atoms with Crippen LogP contribution in [0.25, 0.3) is 0 Å². The lowest BCUT2D eigenvalue weighted by Crippen LogP contribution is -2.82. The van der Waals surface area contributed by atoms with Crippen LogP contribution in [0.15, 0.2) is 24.3 Å². The first kappa shape index (κ1) is 41.4. The number of para-hydroxylation sites is 1. The fraction of sp³-hybridized carbons (Fsp3) is 0.737. The number of piperidine rings is 1. The lowest BCUT2D eigenvalue weighted by Gasteiger charge is -2.70. The van der Waals surface area contributed by atoms with Crippen molar-refractivity contribution in [2.45, 2.75) is 94.5 Å². The second-order valence-electron chi connectivity index (χ2n) is 16.7. The van der Waals surface area contributed by atoms with Crippen molar-refractivity contribution in [2.24, 2.45) is 40.4 Å². The van der Waals surface area contributed by atoms with Crippen LogP contribution in [0.2, 0.25) is 0 Å². The van der Waals surface area contributed by atoms with Crippen LogP contribution in [0.1, 0.15) is 63.2 Å². The minimum absolute atomic E-state index is 0.0201. The Morgan fingerprint density at radius 1 is 1.05 bits per heavy atom. The van der Waals surface area contributed by atoms with Crippen LogP contribution in [0, 0.1) is 50.7 Å². The normalized spacial score (nSPS) is 43.3. The minimum atomic E-state index is -4.69. The summed E-state index contributed by atoms with van der Waals surface area (Å²) < 4.78 is 63.9. The smallest absolute Gasteiger partial charge is 0.340 e. The molecule has 0 radical (unpaired) electrons. The molecule has 4 unspecified atom stereocenters. The molecule has 5 saturated carbocycles. The third-order valence-corrected chi connectivity index (χ3v) is 14.6. The summed E-state index contributed by atoms with van der Waals surface area (Å²) >= 11 is 0. The molecule has 2 saturated heterocycles. The van der Waals surface area contributed by atoms with Gasteiger partial charge in [-0.25, -0.2) is 9.69 Å². The summed E-state index contributed by atoms with van der Waals surface area (Å²) in [4.78, 5) is 55.9. The van der Waals surface area contributed by atoms with Gasteiger partial charge in [0.1, 0.15) is 17.3 Å². The van der Waals surface area contributed by atoms with E-state index in [1.54, 1.807) is 52.5 Å². The molecule has 2 aliphatic heterocycles. The molecule has 2 amide bonds. The van der Waals surface area contributed by atoms with Gasteiger partial charge in [0, 0.05) is 82.1 Å². The number of carbonyl (C=O) groups is 4. The van der Waals surface area contributed by atoms with Crippen LogP contribution in [-0.2, 0) is 38.1 Å². The first-order chi connectivity index (χ1) is 26.3. The molecule has 3 N–H and O–H groups in total. The number of anilines is 1. The molecule has 7 aliphatic rings. The summed E-state index contributed by atoms with van der Waals surface area (Å²) in [6.45, 7) is 6.10. The van der Waals surface area contributed by atoms with Crippen molar-refractivity contribution in [1.29, 1.82) is 0 Å². The number of imide groups is 1. The maximum absolute atomic E-state index is 14.1. The average molecular weight is 811 g/mol. The van der Waals surface area contributed by atoms with Crippen molar-refractivity contribution in [3.63, 3.8) is 0 Å². The Balaban J connectivity index is 0.000000905. The second-order valence-corrected chi connectivity index (χ2v) is 17.5. The quantitative estimate of drug-likeness (QED) is 0.177. The van der Waals surface area contributed by atoms with E-state index in [-0.39, 0.29) is 60.5 Å². The maximum Gasteiger partial charge on any atom is 0.340 e. The lowest BCUT2D eigenvalue weighted by molar-refractivity contribution is -1.92. The number of nitrogens with zero attached hydrogens (tertiary/aromatic N) is 2. The summed E-state index contributed by atoms with van der Waals surface area (Å²) in [6, 6.07) is 5.95. The van der Waals surface area contributed by atoms with Gasteiger partial charge in [0.25, 0.3) is 0 Å². The highest BCUT2D eigenvalue weighted by molar-refractivity contribution is 6.22. The van der Waals surface area contributed by atoms with Gasteiger partial charge in [0.15, 0.2) is 0 Å². The number of likely N-dealkylation sites (N-methyl/N-ethyl adjacent to an activating group) is 1. The number of hydrogen-bond donors (Lipinski definition) is 3. The molecule has 1 aromatic carbocycles. The zero-order valence-electron chi connectivity index (χ0n) is 32.3. The Hall–Kier alpha value is -2.81. The van der Waals surface area contributed by atoms with Gasteiger partial charge in [0.2, 0.25) is 11.8 Å². The minimum Gasteiger partial charge on any atom is -0.462 e. The lowest BCUT2D eigenvalue weighted by atomic mass is 9.42. The molecule has 7 fully saturated rings. The number of esters is 2. The van der Waals surface area contributed by atoms with Gasteiger partial charge in [-0.1, -0.05) is 26.0 Å². The van der Waals surface area contributed by atoms with Gasteiger partial charge in [-0.05, 0) is 43.9 Å². The number of hydrogen-bond acceptors (Lipinski definition) is 16. The average Bonchev–Trinajstić information content (AvgIpc) is 3.64. The van der Waals surface area contributed by atoms with Crippen molar-refractivity contribution in [1.82, 2.24) is 4.90 Å². The molecule has 2 heterocycles. The number of rotatable bonds is 9. The second kappa shape index (κ2) is 14.2. The predicted octanol–water partition coefficient (Wildman–Crippen LogP) is -2.17. The Bertz CT molecular complexity index is 1750. The van der Waals surface area contributed by atoms with Crippen LogP contribution in [0.5, 0.6) is 0 Å². The molecular formula is C38H51ClN2O15. The third kappa shape index (κ3) is 5.64. The van der Waals surface area contributed by atoms with E-state index in [9.17, 15) is 29.4 Å². The zero-order valence-corrected chi connectivity index (χ0v) is 33.0. The van der Waals surface area contributed by atoms with Gasteiger partial charge >= 0.3 is 11.9 Å². The van der Waals surface area contributed by atoms with E-state index in [0.29, 0.717) is 32.4 Å². The Labute approximate surface area is 326 Å². The van der Waals surface area contributed by atoms with Gasteiger partial charge in [-0.3, -0.25) is 19.3 Å². The summed E-state index contributed by atoms with van der Waals surface area (Å²) in [5.74, 6) is -3.74. The van der Waals surface area contributed by atoms with Crippen molar-refractivity contribution < 1.29 is 82.0 Å². The van der Waals surface area contributed by atoms with Gasteiger partial charge in [0.05, 0.1) is 57.1 Å². The van der Waals surface area contributed by atoms with Gasteiger partial charge < -0.3 is 33.9 Å². The van der Waals surface area contributed by atoms with Crippen LogP contribution >= 0.6 is 0 Å². The highest BCUT2D eigenvalue weighted by Gasteiger charge is 2.92. The van der Waals surface area contributed by atoms with Crippen LogP contribution in [0.4, 0.5) is 5.69 Å². The number of ether oxygens (including phenoxy) is 5. The van der Waals surface area contributed by atoms with E-state index in [0.717, 1.165) is 4.90 Å². The maximum atomic E-state index is 14.1. The van der Waals surface area contributed by atoms with E-state index in [2.05, 4.69) is 4.90 Å². The molecule has 7 bridgehead atoms. The first-order valence-electron chi connectivity index (χ1n) is 19.0. The Kier molecular flexibility index (Phi) is 10.5. The van der Waals surface area contributed by atoms with E-state index in [4.69, 9.17) is 42.3 Å². The highest BCUT2D eigenvalue weighted by atomic mass is 35.7. The Morgan fingerprint density at radius 3 is 2.30 bits per heavy atom. The first-order valence-corrected chi connectivity index (χ1v) is 20.3. The summed E-state index contributed by atoms with van der Waals surface area (Å²) in [5.41, 5.74) is -4.72. The number of methoxy groups -OCH3 is 3. The van der Waals surface area contributed by atoms with Crippen molar-refractivity contribution in [3.05, 3.63) is 29.8 Å². The van der Waals surface area contributed by atoms with Crippen molar-refractivity contribution in [3.8, 4) is 0 Å². The topological polar surface area (TPSA) is 251 Å². The molecule has 17 nitrogen and oxygen atoms in total. The molecule has 8 rings (SSSR count). The third-order valence-electron chi connectivity index (χ3n) is 14.6. The summed E-state index contributed by atoms with van der Waals surface area (Å²) in [5, 5.41) is 26.7. The monoisotopic (exact) mass is 810 g/mol. The number of halogens is 1. The molecule has 56 heavy (non-hydrogen) atoms. The molecule has 5 aliphatic carbocycles. The van der Waals surface area contributed by atoms with Crippen LogP contribution in [-0.4, -0.2) is 126 Å². The van der Waals surface area contributed by atoms with E-state index < -0.39 is 86.3 Å².